The van der Waals surface area contributed by atoms with Crippen LogP contribution in [0.2, 0.25) is 0 Å². The summed E-state index contributed by atoms with van der Waals surface area (Å²) < 4.78 is 9.86. The van der Waals surface area contributed by atoms with Gasteiger partial charge in [0.15, 0.2) is 0 Å². The van der Waals surface area contributed by atoms with Crippen LogP contribution in [0.3, 0.4) is 0 Å². The van der Waals surface area contributed by atoms with Crippen LogP contribution in [-0.2, 0) is 14.3 Å². The summed E-state index contributed by atoms with van der Waals surface area (Å²) in [7, 11) is 0. The largest absolute Gasteiger partial charge is 0.481 e. The van der Waals surface area contributed by atoms with Gasteiger partial charge in [0.1, 0.15) is 17.9 Å². The maximum absolute atomic E-state index is 11.5. The van der Waals surface area contributed by atoms with Crippen LogP contribution in [0.1, 0.15) is 12.5 Å². The Bertz CT molecular complexity index is 549. The predicted octanol–water partition coefficient (Wildman–Crippen LogP) is 1.73. The van der Waals surface area contributed by atoms with E-state index in [-0.39, 0.29) is 13.2 Å². The molecule has 0 aliphatic rings. The average Bonchev–Trinajstić information content (AvgIpc) is 2.43. The highest BCUT2D eigenvalue weighted by Gasteiger charge is 2.18. The highest BCUT2D eigenvalue weighted by atomic mass is 16.5. The fraction of sp³-hybridized carbons (Fsp3) is 0.200. The van der Waals surface area contributed by atoms with Crippen molar-refractivity contribution in [3.05, 3.63) is 35.4 Å². The molecule has 0 bridgehead atoms. The Labute approximate surface area is 116 Å². The quantitative estimate of drug-likeness (QED) is 0.281. The van der Waals surface area contributed by atoms with E-state index in [0.717, 1.165) is 0 Å². The SMILES string of the molecule is C#CCOc1ccc(/C=C(\C(=O)O)C(=O)OCC)cc1. The number of carbonyl (C=O) groups is 2. The average molecular weight is 274 g/mol. The molecule has 0 amide bonds. The molecule has 104 valence electrons. The Morgan fingerprint density at radius 3 is 2.50 bits per heavy atom. The normalized spacial score (nSPS) is 10.5. The van der Waals surface area contributed by atoms with Gasteiger partial charge in [0.25, 0.3) is 0 Å². The van der Waals surface area contributed by atoms with Crippen molar-refractivity contribution >= 4 is 18.0 Å². The van der Waals surface area contributed by atoms with Gasteiger partial charge in [0, 0.05) is 0 Å². The first-order chi connectivity index (χ1) is 9.58. The van der Waals surface area contributed by atoms with Crippen molar-refractivity contribution in [2.75, 3.05) is 13.2 Å². The zero-order chi connectivity index (χ0) is 15.0. The molecule has 0 aliphatic carbocycles. The van der Waals surface area contributed by atoms with Crippen LogP contribution in [-0.4, -0.2) is 30.3 Å². The topological polar surface area (TPSA) is 72.8 Å². The molecule has 1 N–H and O–H groups in total. The van der Waals surface area contributed by atoms with Crippen molar-refractivity contribution in [1.29, 1.82) is 0 Å². The van der Waals surface area contributed by atoms with E-state index in [0.29, 0.717) is 11.3 Å². The number of benzene rings is 1. The van der Waals surface area contributed by atoms with Crippen LogP contribution in [0, 0.1) is 12.3 Å². The number of aliphatic carboxylic acids is 1. The van der Waals surface area contributed by atoms with Crippen LogP contribution >= 0.6 is 0 Å². The molecule has 1 rings (SSSR count). The number of terminal acetylenes is 1. The molecule has 0 aromatic heterocycles. The van der Waals surface area contributed by atoms with E-state index in [1.165, 1.54) is 6.08 Å². The summed E-state index contributed by atoms with van der Waals surface area (Å²) in [6.07, 6.45) is 6.31. The molecular weight excluding hydrogens is 260 g/mol. The highest BCUT2D eigenvalue weighted by molar-refractivity contribution is 6.16. The molecule has 0 aliphatic heterocycles. The zero-order valence-electron chi connectivity index (χ0n) is 11.0. The number of ether oxygens (including phenoxy) is 2. The van der Waals surface area contributed by atoms with Gasteiger partial charge in [-0.3, -0.25) is 0 Å². The van der Waals surface area contributed by atoms with Gasteiger partial charge in [-0.05, 0) is 30.7 Å². The van der Waals surface area contributed by atoms with Crippen molar-refractivity contribution in [1.82, 2.24) is 0 Å². The van der Waals surface area contributed by atoms with Crippen LogP contribution in [0.15, 0.2) is 29.8 Å². The summed E-state index contributed by atoms with van der Waals surface area (Å²) in [5, 5.41) is 8.99. The van der Waals surface area contributed by atoms with Gasteiger partial charge in [0.2, 0.25) is 0 Å². The van der Waals surface area contributed by atoms with Gasteiger partial charge < -0.3 is 14.6 Å². The second-order valence-electron chi connectivity index (χ2n) is 3.65. The molecule has 0 saturated heterocycles. The molecule has 1 aromatic rings. The monoisotopic (exact) mass is 274 g/mol. The zero-order valence-corrected chi connectivity index (χ0v) is 11.0. The van der Waals surface area contributed by atoms with Gasteiger partial charge in [-0.15, -0.1) is 6.42 Å². The minimum atomic E-state index is -1.34. The lowest BCUT2D eigenvalue weighted by Gasteiger charge is -2.04. The first-order valence-electron chi connectivity index (χ1n) is 5.87. The minimum absolute atomic E-state index is 0.113. The lowest BCUT2D eigenvalue weighted by atomic mass is 10.1. The third kappa shape index (κ3) is 4.50. The first-order valence-corrected chi connectivity index (χ1v) is 5.87. The molecule has 0 fully saturated rings. The molecule has 0 unspecified atom stereocenters. The number of rotatable bonds is 6. The number of hydrogen-bond donors (Lipinski definition) is 1. The van der Waals surface area contributed by atoms with Crippen LogP contribution in [0.4, 0.5) is 0 Å². The lowest BCUT2D eigenvalue weighted by Crippen LogP contribution is -2.15. The minimum Gasteiger partial charge on any atom is -0.481 e. The molecule has 0 radical (unpaired) electrons. The maximum atomic E-state index is 11.5. The van der Waals surface area contributed by atoms with E-state index in [2.05, 4.69) is 10.7 Å². The van der Waals surface area contributed by atoms with Crippen LogP contribution < -0.4 is 4.74 Å². The summed E-state index contributed by atoms with van der Waals surface area (Å²) in [5.74, 6) is 0.692. The Balaban J connectivity index is 2.92. The van der Waals surface area contributed by atoms with Crippen molar-refractivity contribution in [3.63, 3.8) is 0 Å². The van der Waals surface area contributed by atoms with E-state index in [4.69, 9.17) is 16.3 Å². The number of carboxylic acids is 1. The summed E-state index contributed by atoms with van der Waals surface area (Å²) >= 11 is 0. The summed E-state index contributed by atoms with van der Waals surface area (Å²) in [6.45, 7) is 1.87. The van der Waals surface area contributed by atoms with Gasteiger partial charge in [-0.25, -0.2) is 9.59 Å². The fourth-order valence-electron chi connectivity index (χ4n) is 1.37. The van der Waals surface area contributed by atoms with Gasteiger partial charge in [0.05, 0.1) is 6.61 Å². The van der Waals surface area contributed by atoms with E-state index in [1.54, 1.807) is 31.2 Å². The molecular formula is C15H14O5. The number of carbonyl (C=O) groups excluding carboxylic acids is 1. The van der Waals surface area contributed by atoms with Crippen LogP contribution in [0.5, 0.6) is 5.75 Å². The van der Waals surface area contributed by atoms with E-state index in [1.807, 2.05) is 0 Å². The van der Waals surface area contributed by atoms with Crippen molar-refractivity contribution in [2.24, 2.45) is 0 Å². The third-order valence-electron chi connectivity index (χ3n) is 2.24. The van der Waals surface area contributed by atoms with Gasteiger partial charge >= 0.3 is 11.9 Å². The Morgan fingerprint density at radius 2 is 2.00 bits per heavy atom. The molecule has 20 heavy (non-hydrogen) atoms. The molecule has 0 atom stereocenters. The molecule has 1 aromatic carbocycles. The maximum Gasteiger partial charge on any atom is 0.345 e. The van der Waals surface area contributed by atoms with E-state index >= 15 is 0 Å². The van der Waals surface area contributed by atoms with E-state index < -0.39 is 17.5 Å². The number of carboxylic acid groups (broad SMARTS) is 1. The van der Waals surface area contributed by atoms with Crippen molar-refractivity contribution in [2.45, 2.75) is 6.92 Å². The molecule has 5 heteroatoms. The highest BCUT2D eigenvalue weighted by Crippen LogP contribution is 2.15. The second-order valence-corrected chi connectivity index (χ2v) is 3.65. The second kappa shape index (κ2) is 7.64. The fourth-order valence-corrected chi connectivity index (χ4v) is 1.37. The molecule has 5 nitrogen and oxygen atoms in total. The predicted molar refractivity (Wildman–Crippen MR) is 73.0 cm³/mol. The van der Waals surface area contributed by atoms with Crippen molar-refractivity contribution in [3.8, 4) is 18.1 Å². The Morgan fingerprint density at radius 1 is 1.35 bits per heavy atom. The summed E-state index contributed by atoms with van der Waals surface area (Å²) in [4.78, 5) is 22.5. The number of esters is 1. The van der Waals surface area contributed by atoms with E-state index in [9.17, 15) is 9.59 Å². The first kappa shape index (κ1) is 15.3. The Kier molecular flexibility index (Phi) is 5.85. The summed E-state index contributed by atoms with van der Waals surface area (Å²) in [5.41, 5.74) is 0.118. The van der Waals surface area contributed by atoms with Crippen LogP contribution in [0.25, 0.3) is 6.08 Å². The Hall–Kier alpha value is -2.74. The smallest absolute Gasteiger partial charge is 0.345 e. The molecule has 0 spiro atoms. The van der Waals surface area contributed by atoms with Crippen molar-refractivity contribution < 1.29 is 24.2 Å². The van der Waals surface area contributed by atoms with Gasteiger partial charge in [-0.1, -0.05) is 18.1 Å². The summed E-state index contributed by atoms with van der Waals surface area (Å²) in [6, 6.07) is 6.50. The lowest BCUT2D eigenvalue weighted by molar-refractivity contribution is -0.143. The van der Waals surface area contributed by atoms with Gasteiger partial charge in [-0.2, -0.15) is 0 Å². The molecule has 0 heterocycles. The standard InChI is InChI=1S/C15H14O5/c1-3-9-20-12-7-5-11(6-8-12)10-13(14(16)17)15(18)19-4-2/h1,5-8,10H,4,9H2,2H3,(H,16,17)/b13-10+. The third-order valence-corrected chi connectivity index (χ3v) is 2.24. The molecule has 0 saturated carbocycles. The number of hydrogen-bond acceptors (Lipinski definition) is 4.